The molecule has 0 aliphatic carbocycles. The lowest BCUT2D eigenvalue weighted by Crippen LogP contribution is -2.38. The highest BCUT2D eigenvalue weighted by molar-refractivity contribution is 5.78. The van der Waals surface area contributed by atoms with Crippen molar-refractivity contribution in [2.24, 2.45) is 0 Å². The molecule has 1 amide bonds. The standard InChI is InChI=1S/C22H30N2O3/c1-16-12-17(2)14-19(13-16)27-11-10-24(4)15-22(25)23-18(3)20-8-6-7-9-21(20)26-5/h6-9,12-14,18H,10-11,15H2,1-5H3,(H,23,25). The molecule has 0 aromatic heterocycles. The van der Waals surface area contributed by atoms with E-state index < -0.39 is 0 Å². The van der Waals surface area contributed by atoms with Crippen LogP contribution in [0.15, 0.2) is 42.5 Å². The summed E-state index contributed by atoms with van der Waals surface area (Å²) in [6, 6.07) is 13.8. The van der Waals surface area contributed by atoms with Crippen LogP contribution in [0.25, 0.3) is 0 Å². The first-order valence-corrected chi connectivity index (χ1v) is 9.21. The van der Waals surface area contributed by atoms with E-state index in [9.17, 15) is 4.79 Å². The molecule has 1 atom stereocenters. The Bertz CT molecular complexity index is 741. The number of aryl methyl sites for hydroxylation is 2. The van der Waals surface area contributed by atoms with Crippen molar-refractivity contribution in [2.45, 2.75) is 26.8 Å². The van der Waals surface area contributed by atoms with Gasteiger partial charge in [0.05, 0.1) is 19.7 Å². The summed E-state index contributed by atoms with van der Waals surface area (Å²) in [5.74, 6) is 1.62. The quantitative estimate of drug-likeness (QED) is 0.734. The number of hydrogen-bond donors (Lipinski definition) is 1. The van der Waals surface area contributed by atoms with Crippen LogP contribution in [0.2, 0.25) is 0 Å². The van der Waals surface area contributed by atoms with Crippen LogP contribution >= 0.6 is 0 Å². The maximum absolute atomic E-state index is 12.3. The number of likely N-dealkylation sites (N-methyl/N-ethyl adjacent to an activating group) is 1. The number of amides is 1. The Morgan fingerprint density at radius 1 is 1.15 bits per heavy atom. The smallest absolute Gasteiger partial charge is 0.234 e. The molecule has 1 unspecified atom stereocenters. The fraction of sp³-hybridized carbons (Fsp3) is 0.409. The van der Waals surface area contributed by atoms with E-state index in [-0.39, 0.29) is 11.9 Å². The molecule has 5 nitrogen and oxygen atoms in total. The van der Waals surface area contributed by atoms with Gasteiger partial charge in [0.25, 0.3) is 0 Å². The second-order valence-corrected chi connectivity index (χ2v) is 6.94. The first-order chi connectivity index (χ1) is 12.9. The number of para-hydroxylation sites is 1. The van der Waals surface area contributed by atoms with Gasteiger partial charge in [-0.3, -0.25) is 9.69 Å². The zero-order valence-corrected chi connectivity index (χ0v) is 16.9. The zero-order chi connectivity index (χ0) is 19.8. The maximum atomic E-state index is 12.3. The van der Waals surface area contributed by atoms with Crippen LogP contribution < -0.4 is 14.8 Å². The Labute approximate surface area is 162 Å². The van der Waals surface area contributed by atoms with Gasteiger partial charge in [-0.25, -0.2) is 0 Å². The summed E-state index contributed by atoms with van der Waals surface area (Å²) in [6.45, 7) is 7.59. The molecule has 2 aromatic carbocycles. The Morgan fingerprint density at radius 3 is 2.48 bits per heavy atom. The van der Waals surface area contributed by atoms with E-state index in [0.717, 1.165) is 17.1 Å². The second-order valence-electron chi connectivity index (χ2n) is 6.94. The van der Waals surface area contributed by atoms with Gasteiger partial charge < -0.3 is 14.8 Å². The van der Waals surface area contributed by atoms with Gasteiger partial charge in [-0.15, -0.1) is 0 Å². The number of hydrogen-bond acceptors (Lipinski definition) is 4. The molecule has 2 aromatic rings. The highest BCUT2D eigenvalue weighted by atomic mass is 16.5. The topological polar surface area (TPSA) is 50.8 Å². The molecule has 2 rings (SSSR count). The molecular weight excluding hydrogens is 340 g/mol. The van der Waals surface area contributed by atoms with E-state index in [0.29, 0.717) is 19.7 Å². The Kier molecular flexibility index (Phi) is 7.67. The minimum absolute atomic E-state index is 0.0256. The molecule has 0 saturated carbocycles. The van der Waals surface area contributed by atoms with Gasteiger partial charge in [-0.1, -0.05) is 24.3 Å². The van der Waals surface area contributed by atoms with Crippen molar-refractivity contribution in [3.63, 3.8) is 0 Å². The van der Waals surface area contributed by atoms with Crippen molar-refractivity contribution < 1.29 is 14.3 Å². The molecule has 146 valence electrons. The Hall–Kier alpha value is -2.53. The number of methoxy groups -OCH3 is 1. The average Bonchev–Trinajstić information content (AvgIpc) is 2.60. The molecule has 5 heteroatoms. The van der Waals surface area contributed by atoms with Crippen molar-refractivity contribution in [1.29, 1.82) is 0 Å². The number of benzene rings is 2. The van der Waals surface area contributed by atoms with Crippen LogP contribution in [0.4, 0.5) is 0 Å². The van der Waals surface area contributed by atoms with Gasteiger partial charge >= 0.3 is 0 Å². The third kappa shape index (κ3) is 6.61. The number of rotatable bonds is 9. The molecule has 1 N–H and O–H groups in total. The lowest BCUT2D eigenvalue weighted by molar-refractivity contribution is -0.122. The third-order valence-corrected chi connectivity index (χ3v) is 4.33. The molecule has 0 bridgehead atoms. The predicted molar refractivity (Wildman–Crippen MR) is 108 cm³/mol. The highest BCUT2D eigenvalue weighted by Gasteiger charge is 2.14. The molecule has 27 heavy (non-hydrogen) atoms. The van der Waals surface area contributed by atoms with Gasteiger partial charge in [-0.05, 0) is 57.1 Å². The summed E-state index contributed by atoms with van der Waals surface area (Å²) < 4.78 is 11.2. The van der Waals surface area contributed by atoms with Gasteiger partial charge in [0.15, 0.2) is 0 Å². The van der Waals surface area contributed by atoms with Crippen molar-refractivity contribution in [3.8, 4) is 11.5 Å². The maximum Gasteiger partial charge on any atom is 0.234 e. The second kappa shape index (κ2) is 9.97. The van der Waals surface area contributed by atoms with E-state index in [2.05, 4.69) is 25.2 Å². The average molecular weight is 370 g/mol. The van der Waals surface area contributed by atoms with E-state index in [1.165, 1.54) is 11.1 Å². The summed E-state index contributed by atoms with van der Waals surface area (Å²) in [7, 11) is 3.55. The summed E-state index contributed by atoms with van der Waals surface area (Å²) in [6.07, 6.45) is 0. The van der Waals surface area contributed by atoms with Crippen molar-refractivity contribution in [1.82, 2.24) is 10.2 Å². The van der Waals surface area contributed by atoms with Crippen LogP contribution in [0.1, 0.15) is 29.7 Å². The summed E-state index contributed by atoms with van der Waals surface area (Å²) in [5, 5.41) is 3.02. The third-order valence-electron chi connectivity index (χ3n) is 4.33. The molecular formula is C22H30N2O3. The lowest BCUT2D eigenvalue weighted by Gasteiger charge is -2.20. The molecule has 0 aliphatic rings. The number of nitrogens with zero attached hydrogens (tertiary/aromatic N) is 1. The molecule has 0 spiro atoms. The fourth-order valence-electron chi connectivity index (χ4n) is 3.05. The van der Waals surface area contributed by atoms with Crippen LogP contribution in [-0.4, -0.2) is 44.7 Å². The molecule has 0 heterocycles. The SMILES string of the molecule is COc1ccccc1C(C)NC(=O)CN(C)CCOc1cc(C)cc(C)c1. The fourth-order valence-corrected chi connectivity index (χ4v) is 3.05. The first-order valence-electron chi connectivity index (χ1n) is 9.21. The normalized spacial score (nSPS) is 11.9. The largest absolute Gasteiger partial charge is 0.496 e. The summed E-state index contributed by atoms with van der Waals surface area (Å²) in [4.78, 5) is 14.3. The van der Waals surface area contributed by atoms with Crippen molar-refractivity contribution in [2.75, 3.05) is 33.9 Å². The van der Waals surface area contributed by atoms with E-state index >= 15 is 0 Å². The van der Waals surface area contributed by atoms with E-state index in [4.69, 9.17) is 9.47 Å². The van der Waals surface area contributed by atoms with E-state index in [1.54, 1.807) is 7.11 Å². The zero-order valence-electron chi connectivity index (χ0n) is 16.9. The minimum Gasteiger partial charge on any atom is -0.496 e. The van der Waals surface area contributed by atoms with Crippen molar-refractivity contribution in [3.05, 3.63) is 59.2 Å². The molecule has 0 saturated heterocycles. The number of nitrogens with one attached hydrogen (secondary N) is 1. The van der Waals surface area contributed by atoms with Gasteiger partial charge in [-0.2, -0.15) is 0 Å². The van der Waals surface area contributed by atoms with Crippen LogP contribution in [0.3, 0.4) is 0 Å². The van der Waals surface area contributed by atoms with E-state index in [1.807, 2.05) is 55.3 Å². The Balaban J connectivity index is 1.78. The monoisotopic (exact) mass is 370 g/mol. The van der Waals surface area contributed by atoms with Crippen LogP contribution in [0, 0.1) is 13.8 Å². The van der Waals surface area contributed by atoms with Crippen LogP contribution in [-0.2, 0) is 4.79 Å². The Morgan fingerprint density at radius 2 is 1.81 bits per heavy atom. The molecule has 0 radical (unpaired) electrons. The first kappa shape index (κ1) is 20.8. The van der Waals surface area contributed by atoms with Crippen molar-refractivity contribution >= 4 is 5.91 Å². The summed E-state index contributed by atoms with van der Waals surface area (Å²) >= 11 is 0. The lowest BCUT2D eigenvalue weighted by atomic mass is 10.1. The van der Waals surface area contributed by atoms with Gasteiger partial charge in [0, 0.05) is 12.1 Å². The number of carbonyl (C=O) groups excluding carboxylic acids is 1. The number of carbonyl (C=O) groups is 1. The number of ether oxygens (including phenoxy) is 2. The van der Waals surface area contributed by atoms with Gasteiger partial charge in [0.1, 0.15) is 18.1 Å². The molecule has 0 fully saturated rings. The highest BCUT2D eigenvalue weighted by Crippen LogP contribution is 2.24. The van der Waals surface area contributed by atoms with Crippen LogP contribution in [0.5, 0.6) is 11.5 Å². The predicted octanol–water partition coefficient (Wildman–Crippen LogP) is 3.50. The molecule has 0 aliphatic heterocycles. The summed E-state index contributed by atoms with van der Waals surface area (Å²) in [5.41, 5.74) is 3.33. The van der Waals surface area contributed by atoms with Gasteiger partial charge in [0.2, 0.25) is 5.91 Å². The minimum atomic E-state index is -0.117.